The summed E-state index contributed by atoms with van der Waals surface area (Å²) in [6.07, 6.45) is 1.75. The van der Waals surface area contributed by atoms with Crippen molar-refractivity contribution in [2.24, 2.45) is 0 Å². The molecule has 1 aromatic rings. The molecular formula is C11H14Cl2O. The van der Waals surface area contributed by atoms with Gasteiger partial charge in [-0.15, -0.1) is 23.2 Å². The molecule has 0 bridgehead atoms. The van der Waals surface area contributed by atoms with E-state index in [1.807, 2.05) is 12.1 Å². The van der Waals surface area contributed by atoms with Gasteiger partial charge in [0.2, 0.25) is 0 Å². The second kappa shape index (κ2) is 6.15. The molecule has 0 saturated heterocycles. The second-order valence-electron chi connectivity index (χ2n) is 3.01. The molecule has 0 atom stereocenters. The molecule has 0 unspecified atom stereocenters. The normalized spacial score (nSPS) is 10.2. The van der Waals surface area contributed by atoms with Gasteiger partial charge < -0.3 is 4.74 Å². The maximum Gasteiger partial charge on any atom is 0.119 e. The molecule has 3 heteroatoms. The van der Waals surface area contributed by atoms with Crippen LogP contribution in [-0.2, 0) is 12.8 Å². The van der Waals surface area contributed by atoms with E-state index < -0.39 is 0 Å². The fourth-order valence-corrected chi connectivity index (χ4v) is 1.82. The molecule has 0 aliphatic heterocycles. The summed E-state index contributed by atoms with van der Waals surface area (Å²) in [4.78, 5) is 0. The molecule has 0 saturated carbocycles. The van der Waals surface area contributed by atoms with Crippen LogP contribution in [-0.4, -0.2) is 18.9 Å². The molecule has 0 heterocycles. The highest BCUT2D eigenvalue weighted by molar-refractivity contribution is 6.18. The molecule has 0 spiro atoms. The minimum absolute atomic E-state index is 0.627. The van der Waals surface area contributed by atoms with E-state index in [9.17, 15) is 0 Å². The van der Waals surface area contributed by atoms with Crippen molar-refractivity contribution < 1.29 is 4.74 Å². The average molecular weight is 233 g/mol. The highest BCUT2D eigenvalue weighted by atomic mass is 35.5. The first kappa shape index (κ1) is 11.7. The lowest BCUT2D eigenvalue weighted by molar-refractivity contribution is 0.414. The average Bonchev–Trinajstić information content (AvgIpc) is 2.21. The molecule has 0 radical (unpaired) electrons. The number of halogens is 2. The number of ether oxygens (including phenoxy) is 1. The van der Waals surface area contributed by atoms with Crippen molar-refractivity contribution in [2.45, 2.75) is 12.8 Å². The summed E-state index contributed by atoms with van der Waals surface area (Å²) < 4.78 is 5.16. The molecule has 1 rings (SSSR count). The zero-order valence-corrected chi connectivity index (χ0v) is 9.74. The minimum Gasteiger partial charge on any atom is -0.497 e. The van der Waals surface area contributed by atoms with Gasteiger partial charge in [-0.25, -0.2) is 0 Å². The molecule has 1 nitrogen and oxygen atoms in total. The predicted molar refractivity (Wildman–Crippen MR) is 61.8 cm³/mol. The van der Waals surface area contributed by atoms with E-state index in [2.05, 4.69) is 6.07 Å². The Labute approximate surface area is 95.0 Å². The van der Waals surface area contributed by atoms with Crippen molar-refractivity contribution in [1.29, 1.82) is 0 Å². The van der Waals surface area contributed by atoms with Gasteiger partial charge in [0.1, 0.15) is 5.75 Å². The lowest BCUT2D eigenvalue weighted by Crippen LogP contribution is -1.97. The summed E-state index contributed by atoms with van der Waals surface area (Å²) in [5.74, 6) is 2.15. The number of alkyl halides is 2. The van der Waals surface area contributed by atoms with Gasteiger partial charge in [0.15, 0.2) is 0 Å². The number of hydrogen-bond donors (Lipinski definition) is 0. The quantitative estimate of drug-likeness (QED) is 0.709. The van der Waals surface area contributed by atoms with Gasteiger partial charge in [0.05, 0.1) is 7.11 Å². The Morgan fingerprint density at radius 3 is 2.29 bits per heavy atom. The van der Waals surface area contributed by atoms with Crippen molar-refractivity contribution in [3.8, 4) is 5.75 Å². The van der Waals surface area contributed by atoms with E-state index in [0.29, 0.717) is 11.8 Å². The zero-order chi connectivity index (χ0) is 10.4. The number of rotatable bonds is 5. The van der Waals surface area contributed by atoms with Gasteiger partial charge in [-0.1, -0.05) is 6.07 Å². The third-order valence-corrected chi connectivity index (χ3v) is 2.52. The molecule has 1 aromatic carbocycles. The first-order valence-electron chi connectivity index (χ1n) is 4.59. The monoisotopic (exact) mass is 232 g/mol. The van der Waals surface area contributed by atoms with Crippen LogP contribution < -0.4 is 4.74 Å². The van der Waals surface area contributed by atoms with E-state index in [4.69, 9.17) is 27.9 Å². The lowest BCUT2D eigenvalue weighted by Gasteiger charge is -2.09. The SMILES string of the molecule is COc1ccc(CCCl)c(CCCl)c1. The highest BCUT2D eigenvalue weighted by Crippen LogP contribution is 2.19. The van der Waals surface area contributed by atoms with Crippen LogP contribution in [0.1, 0.15) is 11.1 Å². The largest absolute Gasteiger partial charge is 0.497 e. The summed E-state index contributed by atoms with van der Waals surface area (Å²) in [5.41, 5.74) is 2.50. The van der Waals surface area contributed by atoms with Crippen molar-refractivity contribution in [2.75, 3.05) is 18.9 Å². The molecule has 0 aliphatic rings. The number of hydrogen-bond acceptors (Lipinski definition) is 1. The van der Waals surface area contributed by atoms with Crippen LogP contribution in [0.2, 0.25) is 0 Å². The van der Waals surface area contributed by atoms with E-state index >= 15 is 0 Å². The summed E-state index contributed by atoms with van der Waals surface area (Å²) in [5, 5.41) is 0. The van der Waals surface area contributed by atoms with Crippen LogP contribution >= 0.6 is 23.2 Å². The predicted octanol–water partition coefficient (Wildman–Crippen LogP) is 3.26. The van der Waals surface area contributed by atoms with E-state index in [-0.39, 0.29) is 0 Å². The molecule has 0 fully saturated rings. The van der Waals surface area contributed by atoms with Crippen LogP contribution in [0, 0.1) is 0 Å². The van der Waals surface area contributed by atoms with Crippen molar-refractivity contribution in [3.63, 3.8) is 0 Å². The smallest absolute Gasteiger partial charge is 0.119 e. The third kappa shape index (κ3) is 3.07. The number of benzene rings is 1. The summed E-state index contributed by atoms with van der Waals surface area (Å²) >= 11 is 11.4. The number of aryl methyl sites for hydroxylation is 2. The first-order valence-corrected chi connectivity index (χ1v) is 5.66. The van der Waals surface area contributed by atoms with Crippen LogP contribution in [0.3, 0.4) is 0 Å². The van der Waals surface area contributed by atoms with Crippen LogP contribution in [0.25, 0.3) is 0 Å². The Hall–Kier alpha value is -0.400. The van der Waals surface area contributed by atoms with E-state index in [0.717, 1.165) is 18.6 Å². The van der Waals surface area contributed by atoms with Gasteiger partial charge in [-0.05, 0) is 36.1 Å². The van der Waals surface area contributed by atoms with Gasteiger partial charge >= 0.3 is 0 Å². The molecule has 0 aromatic heterocycles. The summed E-state index contributed by atoms with van der Waals surface area (Å²) in [6, 6.07) is 6.05. The summed E-state index contributed by atoms with van der Waals surface area (Å²) in [7, 11) is 1.67. The number of methoxy groups -OCH3 is 1. The second-order valence-corrected chi connectivity index (χ2v) is 3.77. The maximum atomic E-state index is 5.73. The van der Waals surface area contributed by atoms with Crippen molar-refractivity contribution in [1.82, 2.24) is 0 Å². The zero-order valence-electron chi connectivity index (χ0n) is 8.22. The first-order chi connectivity index (χ1) is 6.81. The van der Waals surface area contributed by atoms with E-state index in [1.54, 1.807) is 7.11 Å². The molecular weight excluding hydrogens is 219 g/mol. The van der Waals surface area contributed by atoms with Gasteiger partial charge in [-0.2, -0.15) is 0 Å². The lowest BCUT2D eigenvalue weighted by atomic mass is 10.0. The highest BCUT2D eigenvalue weighted by Gasteiger charge is 2.03. The molecule has 14 heavy (non-hydrogen) atoms. The molecule has 0 amide bonds. The Morgan fingerprint density at radius 2 is 1.71 bits per heavy atom. The van der Waals surface area contributed by atoms with Crippen LogP contribution in [0.5, 0.6) is 5.75 Å². The Balaban J connectivity index is 2.91. The van der Waals surface area contributed by atoms with E-state index in [1.165, 1.54) is 11.1 Å². The van der Waals surface area contributed by atoms with Crippen molar-refractivity contribution >= 4 is 23.2 Å². The Kier molecular flexibility index (Phi) is 5.13. The fourth-order valence-electron chi connectivity index (χ4n) is 1.41. The summed E-state index contributed by atoms with van der Waals surface area (Å²) in [6.45, 7) is 0. The molecule has 0 N–H and O–H groups in total. The van der Waals surface area contributed by atoms with Gasteiger partial charge in [0.25, 0.3) is 0 Å². The van der Waals surface area contributed by atoms with Gasteiger partial charge in [-0.3, -0.25) is 0 Å². The standard InChI is InChI=1S/C11H14Cl2O/c1-14-11-3-2-9(4-6-12)10(8-11)5-7-13/h2-3,8H,4-7H2,1H3. The molecule has 0 aliphatic carbocycles. The van der Waals surface area contributed by atoms with Gasteiger partial charge in [0, 0.05) is 11.8 Å². The topological polar surface area (TPSA) is 9.23 Å². The Bertz CT molecular complexity index is 287. The van der Waals surface area contributed by atoms with Crippen molar-refractivity contribution in [3.05, 3.63) is 29.3 Å². The minimum atomic E-state index is 0.627. The van der Waals surface area contributed by atoms with Crippen LogP contribution in [0.15, 0.2) is 18.2 Å². The third-order valence-electron chi connectivity index (χ3n) is 2.14. The van der Waals surface area contributed by atoms with Crippen LogP contribution in [0.4, 0.5) is 0 Å². The maximum absolute atomic E-state index is 5.73. The fraction of sp³-hybridized carbons (Fsp3) is 0.455. The molecule has 78 valence electrons. The Morgan fingerprint density at radius 1 is 1.07 bits per heavy atom.